The van der Waals surface area contributed by atoms with Gasteiger partial charge in [-0.25, -0.2) is 0 Å². The molecule has 3 nitrogen and oxygen atoms in total. The normalized spacial score (nSPS) is 10.7. The second-order valence-electron chi connectivity index (χ2n) is 3.01. The van der Waals surface area contributed by atoms with Crippen molar-refractivity contribution < 1.29 is 9.90 Å². The number of para-hydroxylation sites is 1. The van der Waals surface area contributed by atoms with Crippen molar-refractivity contribution in [3.8, 4) is 5.75 Å². The van der Waals surface area contributed by atoms with Gasteiger partial charge in [0.2, 0.25) is 5.91 Å². The number of aromatic hydroxyl groups is 1. The van der Waals surface area contributed by atoms with Crippen LogP contribution in [-0.2, 0) is 0 Å². The molecule has 1 heterocycles. The number of carbonyl (C=O) groups excluding carboxylic acids is 1. The first kappa shape index (κ1) is 9.27. The molecule has 0 amide bonds. The fraction of sp³-hybridized carbons (Fsp3) is 0.100. The van der Waals surface area contributed by atoms with E-state index in [1.54, 1.807) is 12.1 Å². The quantitative estimate of drug-likeness (QED) is 0.785. The molecule has 4 heteroatoms. The van der Waals surface area contributed by atoms with Crippen molar-refractivity contribution in [1.29, 1.82) is 0 Å². The Balaban J connectivity index is 2.95. The number of rotatable bonds is 0. The van der Waals surface area contributed by atoms with Crippen molar-refractivity contribution in [2.24, 2.45) is 0 Å². The molecule has 0 bridgehead atoms. The number of hydrogen-bond acceptors (Lipinski definition) is 2. The van der Waals surface area contributed by atoms with Crippen LogP contribution in [0.3, 0.4) is 0 Å². The minimum absolute atomic E-state index is 0.107. The molecule has 0 atom stereocenters. The first-order valence-corrected chi connectivity index (χ1v) is 4.91. The Bertz CT molecular complexity index is 516. The monoisotopic (exact) mass is 253 g/mol. The summed E-state index contributed by atoms with van der Waals surface area (Å²) in [5.74, 6) is -0.0239. The largest absolute Gasteiger partial charge is 0.505 e. The van der Waals surface area contributed by atoms with E-state index in [1.807, 2.05) is 12.1 Å². The van der Waals surface area contributed by atoms with Gasteiger partial charge >= 0.3 is 0 Å². The average molecular weight is 254 g/mol. The molecule has 1 aromatic carbocycles. The van der Waals surface area contributed by atoms with Crippen LogP contribution in [0.5, 0.6) is 5.75 Å². The molecule has 2 aromatic rings. The van der Waals surface area contributed by atoms with Crippen molar-refractivity contribution >= 4 is 32.7 Å². The van der Waals surface area contributed by atoms with E-state index in [0.717, 1.165) is 0 Å². The molecule has 72 valence electrons. The summed E-state index contributed by atoms with van der Waals surface area (Å²) >= 11 is 3.19. The highest BCUT2D eigenvalue weighted by molar-refractivity contribution is 9.10. The van der Waals surface area contributed by atoms with E-state index in [0.29, 0.717) is 15.5 Å². The van der Waals surface area contributed by atoms with Gasteiger partial charge in [0, 0.05) is 12.3 Å². The molecule has 14 heavy (non-hydrogen) atoms. The number of carbonyl (C=O) groups is 1. The molecule has 0 aliphatic rings. The summed E-state index contributed by atoms with van der Waals surface area (Å²) in [4.78, 5) is 11.3. The summed E-state index contributed by atoms with van der Waals surface area (Å²) in [5, 5.41) is 10.4. The van der Waals surface area contributed by atoms with Gasteiger partial charge in [-0.2, -0.15) is 0 Å². The average Bonchev–Trinajstić information content (AvgIpc) is 2.41. The summed E-state index contributed by atoms with van der Waals surface area (Å²) < 4.78 is 1.84. The van der Waals surface area contributed by atoms with E-state index >= 15 is 0 Å². The van der Waals surface area contributed by atoms with Gasteiger partial charge < -0.3 is 5.11 Å². The number of aromatic nitrogens is 1. The molecule has 0 unspecified atom stereocenters. The lowest BCUT2D eigenvalue weighted by atomic mass is 10.2. The molecule has 0 spiro atoms. The number of hydrogen-bond donors (Lipinski definition) is 1. The predicted octanol–water partition coefficient (Wildman–Crippen LogP) is 2.77. The Kier molecular flexibility index (Phi) is 2.07. The van der Waals surface area contributed by atoms with Gasteiger partial charge in [0.25, 0.3) is 0 Å². The van der Waals surface area contributed by atoms with E-state index in [9.17, 15) is 9.90 Å². The van der Waals surface area contributed by atoms with Crippen molar-refractivity contribution in [2.45, 2.75) is 6.92 Å². The summed E-state index contributed by atoms with van der Waals surface area (Å²) in [6.07, 6.45) is 0. The number of nitrogens with zero attached hydrogens (tertiary/aromatic N) is 1. The highest BCUT2D eigenvalue weighted by Gasteiger charge is 2.15. The van der Waals surface area contributed by atoms with Crippen molar-refractivity contribution in [3.05, 3.63) is 28.9 Å². The van der Waals surface area contributed by atoms with Crippen LogP contribution in [0.25, 0.3) is 10.9 Å². The smallest absolute Gasteiger partial charge is 0.228 e. The van der Waals surface area contributed by atoms with Crippen LogP contribution in [0.15, 0.2) is 28.9 Å². The molecule has 0 saturated carbocycles. The Morgan fingerprint density at radius 1 is 1.43 bits per heavy atom. The van der Waals surface area contributed by atoms with Crippen LogP contribution in [0.2, 0.25) is 0 Å². The zero-order valence-electron chi connectivity index (χ0n) is 7.49. The third kappa shape index (κ3) is 1.14. The van der Waals surface area contributed by atoms with Crippen LogP contribution in [0.4, 0.5) is 0 Å². The molecular weight excluding hydrogens is 246 g/mol. The maximum atomic E-state index is 11.3. The molecule has 2 rings (SSSR count). The molecule has 0 aliphatic heterocycles. The lowest BCUT2D eigenvalue weighted by molar-refractivity contribution is 0.0938. The van der Waals surface area contributed by atoms with E-state index in [2.05, 4.69) is 15.9 Å². The van der Waals surface area contributed by atoms with E-state index in [-0.39, 0.29) is 11.7 Å². The summed E-state index contributed by atoms with van der Waals surface area (Å²) in [6, 6.07) is 7.21. The van der Waals surface area contributed by atoms with Crippen LogP contribution >= 0.6 is 15.9 Å². The highest BCUT2D eigenvalue weighted by atomic mass is 79.9. The van der Waals surface area contributed by atoms with Gasteiger partial charge in [-0.15, -0.1) is 0 Å². The van der Waals surface area contributed by atoms with E-state index in [1.165, 1.54) is 11.5 Å². The fourth-order valence-corrected chi connectivity index (χ4v) is 2.15. The second kappa shape index (κ2) is 3.13. The molecule has 0 aliphatic carbocycles. The summed E-state index contributed by atoms with van der Waals surface area (Å²) in [6.45, 7) is 1.45. The topological polar surface area (TPSA) is 42.2 Å². The standard InChI is InChI=1S/C10H8BrNO2/c1-6(13)12-8-5-3-2-4-7(8)9(14)10(12)11/h2-5,14H,1H3. The number of benzene rings is 1. The van der Waals surface area contributed by atoms with Crippen molar-refractivity contribution in [2.75, 3.05) is 0 Å². The second-order valence-corrected chi connectivity index (χ2v) is 3.76. The van der Waals surface area contributed by atoms with Gasteiger partial charge in [0.1, 0.15) is 4.60 Å². The Morgan fingerprint density at radius 3 is 2.71 bits per heavy atom. The number of fused-ring (bicyclic) bond motifs is 1. The van der Waals surface area contributed by atoms with Crippen LogP contribution in [0.1, 0.15) is 11.7 Å². The molecule has 1 N–H and O–H groups in total. The van der Waals surface area contributed by atoms with Gasteiger partial charge in [0.05, 0.1) is 5.52 Å². The van der Waals surface area contributed by atoms with Crippen molar-refractivity contribution in [3.63, 3.8) is 0 Å². The summed E-state index contributed by atoms with van der Waals surface area (Å²) in [7, 11) is 0. The Labute approximate surface area is 89.1 Å². The first-order valence-electron chi connectivity index (χ1n) is 4.11. The number of halogens is 1. The minimum Gasteiger partial charge on any atom is -0.505 e. The Hall–Kier alpha value is -1.29. The Morgan fingerprint density at radius 2 is 2.07 bits per heavy atom. The van der Waals surface area contributed by atoms with Gasteiger partial charge in [-0.1, -0.05) is 12.1 Å². The molecular formula is C10H8BrNO2. The fourth-order valence-electron chi connectivity index (χ4n) is 1.50. The third-order valence-electron chi connectivity index (χ3n) is 2.11. The van der Waals surface area contributed by atoms with Gasteiger partial charge in [-0.3, -0.25) is 9.36 Å². The highest BCUT2D eigenvalue weighted by Crippen LogP contribution is 2.35. The summed E-state index contributed by atoms with van der Waals surface area (Å²) in [5.41, 5.74) is 0.712. The van der Waals surface area contributed by atoms with Crippen LogP contribution in [-0.4, -0.2) is 15.6 Å². The maximum Gasteiger partial charge on any atom is 0.228 e. The molecule has 0 radical (unpaired) electrons. The molecule has 0 fully saturated rings. The van der Waals surface area contributed by atoms with Crippen LogP contribution < -0.4 is 0 Å². The lowest BCUT2D eigenvalue weighted by Crippen LogP contribution is -2.04. The maximum absolute atomic E-state index is 11.3. The van der Waals surface area contributed by atoms with E-state index in [4.69, 9.17) is 0 Å². The van der Waals surface area contributed by atoms with Gasteiger partial charge in [0.15, 0.2) is 5.75 Å². The van der Waals surface area contributed by atoms with Gasteiger partial charge in [-0.05, 0) is 28.1 Å². The van der Waals surface area contributed by atoms with E-state index < -0.39 is 0 Å². The SMILES string of the molecule is CC(=O)n1c(Br)c(O)c2ccccc21. The zero-order valence-corrected chi connectivity index (χ0v) is 9.08. The zero-order chi connectivity index (χ0) is 10.3. The molecule has 0 saturated heterocycles. The predicted molar refractivity (Wildman–Crippen MR) is 57.6 cm³/mol. The van der Waals surface area contributed by atoms with Crippen LogP contribution in [0, 0.1) is 0 Å². The molecule has 1 aromatic heterocycles. The van der Waals surface area contributed by atoms with Crippen molar-refractivity contribution in [1.82, 2.24) is 4.57 Å². The first-order chi connectivity index (χ1) is 6.63. The minimum atomic E-state index is -0.131. The third-order valence-corrected chi connectivity index (χ3v) is 2.84. The lowest BCUT2D eigenvalue weighted by Gasteiger charge is -1.99.